The fourth-order valence-electron chi connectivity index (χ4n) is 1.45. The summed E-state index contributed by atoms with van der Waals surface area (Å²) < 4.78 is 18.8. The first-order valence-electron chi connectivity index (χ1n) is 5.34. The lowest BCUT2D eigenvalue weighted by Gasteiger charge is -2.08. The molecule has 7 heteroatoms. The Balaban J connectivity index is 2.12. The van der Waals surface area contributed by atoms with E-state index in [-0.39, 0.29) is 18.0 Å². The Hall–Kier alpha value is -2.70. The maximum absolute atomic E-state index is 13.5. The van der Waals surface area contributed by atoms with Gasteiger partial charge in [0.2, 0.25) is 0 Å². The predicted molar refractivity (Wildman–Crippen MR) is 66.0 cm³/mol. The molecule has 19 heavy (non-hydrogen) atoms. The number of nitro benzene ring substituents is 1. The molecule has 2 rings (SSSR count). The molecule has 0 unspecified atom stereocenters. The summed E-state index contributed by atoms with van der Waals surface area (Å²) in [5, 5.41) is 10.5. The highest BCUT2D eigenvalue weighted by Gasteiger charge is 2.12. The molecular weight excluding hydrogens is 253 g/mol. The molecule has 98 valence electrons. The van der Waals surface area contributed by atoms with E-state index in [0.29, 0.717) is 11.4 Å². The summed E-state index contributed by atoms with van der Waals surface area (Å²) >= 11 is 0. The number of anilines is 1. The van der Waals surface area contributed by atoms with Gasteiger partial charge in [-0.25, -0.2) is 9.37 Å². The maximum atomic E-state index is 13.5. The Kier molecular flexibility index (Phi) is 3.56. The standard InChI is InChI=1S/C12H10FN3O3/c13-10-6-9(16(17)18)3-4-11(10)19-7-8-2-1-5-15-12(8)14/h1-6H,7H2,(H2,14,15). The number of pyridine rings is 1. The van der Waals surface area contributed by atoms with Gasteiger partial charge < -0.3 is 10.5 Å². The number of hydrogen-bond donors (Lipinski definition) is 1. The molecule has 0 aliphatic carbocycles. The van der Waals surface area contributed by atoms with Gasteiger partial charge in [-0.05, 0) is 12.1 Å². The van der Waals surface area contributed by atoms with Gasteiger partial charge in [0.05, 0.1) is 11.0 Å². The van der Waals surface area contributed by atoms with Gasteiger partial charge in [-0.3, -0.25) is 10.1 Å². The van der Waals surface area contributed by atoms with Gasteiger partial charge in [0.15, 0.2) is 11.6 Å². The van der Waals surface area contributed by atoms with Crippen molar-refractivity contribution >= 4 is 11.5 Å². The summed E-state index contributed by atoms with van der Waals surface area (Å²) in [6.07, 6.45) is 1.53. The van der Waals surface area contributed by atoms with Gasteiger partial charge in [0, 0.05) is 17.8 Å². The summed E-state index contributed by atoms with van der Waals surface area (Å²) in [6, 6.07) is 6.57. The van der Waals surface area contributed by atoms with Crippen LogP contribution in [0.1, 0.15) is 5.56 Å². The summed E-state index contributed by atoms with van der Waals surface area (Å²) in [6.45, 7) is 0.0361. The number of non-ortho nitro benzene ring substituents is 1. The van der Waals surface area contributed by atoms with Crippen LogP contribution < -0.4 is 10.5 Å². The van der Waals surface area contributed by atoms with E-state index in [9.17, 15) is 14.5 Å². The van der Waals surface area contributed by atoms with E-state index >= 15 is 0 Å². The number of ether oxygens (including phenoxy) is 1. The highest BCUT2D eigenvalue weighted by Crippen LogP contribution is 2.23. The molecule has 0 spiro atoms. The van der Waals surface area contributed by atoms with Crippen LogP contribution in [0.4, 0.5) is 15.9 Å². The van der Waals surface area contributed by atoms with Crippen molar-refractivity contribution in [1.29, 1.82) is 0 Å². The normalized spacial score (nSPS) is 10.2. The number of nitrogens with zero attached hydrogens (tertiary/aromatic N) is 2. The molecule has 0 aliphatic heterocycles. The first-order chi connectivity index (χ1) is 9.08. The molecule has 0 atom stereocenters. The first-order valence-corrected chi connectivity index (χ1v) is 5.34. The summed E-state index contributed by atoms with van der Waals surface area (Å²) in [7, 11) is 0. The zero-order valence-electron chi connectivity index (χ0n) is 9.75. The van der Waals surface area contributed by atoms with Crippen LogP contribution in [0.2, 0.25) is 0 Å². The number of nitro groups is 1. The molecule has 2 N–H and O–H groups in total. The molecular formula is C12H10FN3O3. The SMILES string of the molecule is Nc1ncccc1COc1ccc([N+](=O)[O-])cc1F. The second-order valence-corrected chi connectivity index (χ2v) is 3.71. The zero-order valence-corrected chi connectivity index (χ0v) is 9.75. The Morgan fingerprint density at radius 2 is 2.21 bits per heavy atom. The average molecular weight is 263 g/mol. The van der Waals surface area contributed by atoms with Gasteiger partial charge in [-0.2, -0.15) is 0 Å². The van der Waals surface area contributed by atoms with Crippen LogP contribution in [-0.4, -0.2) is 9.91 Å². The molecule has 0 amide bonds. The molecule has 0 aliphatic rings. The Morgan fingerprint density at radius 1 is 1.42 bits per heavy atom. The minimum atomic E-state index is -0.795. The van der Waals surface area contributed by atoms with E-state index in [0.717, 1.165) is 6.07 Å². The molecule has 2 aromatic rings. The van der Waals surface area contributed by atoms with E-state index < -0.39 is 10.7 Å². The van der Waals surface area contributed by atoms with Gasteiger partial charge in [0.1, 0.15) is 12.4 Å². The predicted octanol–water partition coefficient (Wildman–Crippen LogP) is 2.29. The Bertz CT molecular complexity index is 619. The van der Waals surface area contributed by atoms with E-state index in [1.165, 1.54) is 18.3 Å². The third kappa shape index (κ3) is 2.95. The second-order valence-electron chi connectivity index (χ2n) is 3.71. The third-order valence-electron chi connectivity index (χ3n) is 2.44. The number of nitrogen functional groups attached to an aromatic ring is 1. The van der Waals surface area contributed by atoms with E-state index in [2.05, 4.69) is 4.98 Å². The van der Waals surface area contributed by atoms with Crippen molar-refractivity contribution in [3.8, 4) is 5.75 Å². The topological polar surface area (TPSA) is 91.3 Å². The van der Waals surface area contributed by atoms with Gasteiger partial charge in [0.25, 0.3) is 5.69 Å². The largest absolute Gasteiger partial charge is 0.486 e. The van der Waals surface area contributed by atoms with E-state index in [1.807, 2.05) is 0 Å². The van der Waals surface area contributed by atoms with Crippen molar-refractivity contribution in [2.75, 3.05) is 5.73 Å². The second kappa shape index (κ2) is 5.30. The van der Waals surface area contributed by atoms with Crippen LogP contribution in [0.25, 0.3) is 0 Å². The van der Waals surface area contributed by atoms with Crippen LogP contribution in [0.3, 0.4) is 0 Å². The minimum Gasteiger partial charge on any atom is -0.486 e. The number of aromatic nitrogens is 1. The number of nitrogens with two attached hydrogens (primary N) is 1. The average Bonchev–Trinajstić information content (AvgIpc) is 2.39. The highest BCUT2D eigenvalue weighted by atomic mass is 19.1. The fraction of sp³-hybridized carbons (Fsp3) is 0.0833. The van der Waals surface area contributed by atoms with Gasteiger partial charge in [-0.15, -0.1) is 0 Å². The van der Waals surface area contributed by atoms with Crippen molar-refractivity contribution in [3.05, 3.63) is 58.0 Å². The zero-order chi connectivity index (χ0) is 13.8. The van der Waals surface area contributed by atoms with E-state index in [4.69, 9.17) is 10.5 Å². The Morgan fingerprint density at radius 3 is 2.84 bits per heavy atom. The fourth-order valence-corrected chi connectivity index (χ4v) is 1.45. The number of hydrogen-bond acceptors (Lipinski definition) is 5. The Labute approximate surface area is 107 Å². The molecule has 0 saturated heterocycles. The highest BCUT2D eigenvalue weighted by molar-refractivity contribution is 5.40. The van der Waals surface area contributed by atoms with Crippen LogP contribution >= 0.6 is 0 Å². The first kappa shape index (κ1) is 12.7. The van der Waals surface area contributed by atoms with Crippen molar-refractivity contribution in [2.24, 2.45) is 0 Å². The molecule has 6 nitrogen and oxygen atoms in total. The summed E-state index contributed by atoms with van der Waals surface area (Å²) in [5.74, 6) is -0.574. The van der Waals surface area contributed by atoms with Crippen molar-refractivity contribution in [3.63, 3.8) is 0 Å². The number of benzene rings is 1. The molecule has 0 radical (unpaired) electrons. The molecule has 0 saturated carbocycles. The van der Waals surface area contributed by atoms with E-state index in [1.54, 1.807) is 12.1 Å². The molecule has 1 heterocycles. The van der Waals surface area contributed by atoms with Crippen LogP contribution in [-0.2, 0) is 6.61 Å². The molecule has 0 fully saturated rings. The molecule has 1 aromatic heterocycles. The third-order valence-corrected chi connectivity index (χ3v) is 2.44. The monoisotopic (exact) mass is 263 g/mol. The van der Waals surface area contributed by atoms with Crippen molar-refractivity contribution in [1.82, 2.24) is 4.98 Å². The smallest absolute Gasteiger partial charge is 0.272 e. The number of halogens is 1. The molecule has 0 bridgehead atoms. The lowest BCUT2D eigenvalue weighted by Crippen LogP contribution is -2.03. The minimum absolute atomic E-state index is 0.0361. The summed E-state index contributed by atoms with van der Waals surface area (Å²) in [4.78, 5) is 13.7. The van der Waals surface area contributed by atoms with Crippen LogP contribution in [0, 0.1) is 15.9 Å². The lowest BCUT2D eigenvalue weighted by atomic mass is 10.2. The van der Waals surface area contributed by atoms with Gasteiger partial charge in [-0.1, -0.05) is 6.07 Å². The lowest BCUT2D eigenvalue weighted by molar-refractivity contribution is -0.385. The van der Waals surface area contributed by atoms with Crippen molar-refractivity contribution in [2.45, 2.75) is 6.61 Å². The number of rotatable bonds is 4. The summed E-state index contributed by atoms with van der Waals surface area (Å²) in [5.41, 5.74) is 5.90. The van der Waals surface area contributed by atoms with Crippen molar-refractivity contribution < 1.29 is 14.1 Å². The van der Waals surface area contributed by atoms with Crippen LogP contribution in [0.5, 0.6) is 5.75 Å². The maximum Gasteiger partial charge on any atom is 0.272 e. The molecule has 1 aromatic carbocycles. The quantitative estimate of drug-likeness (QED) is 0.675. The van der Waals surface area contributed by atoms with Gasteiger partial charge >= 0.3 is 0 Å². The van der Waals surface area contributed by atoms with Crippen LogP contribution in [0.15, 0.2) is 36.5 Å².